The molecule has 0 radical (unpaired) electrons. The molecule has 4 nitrogen and oxygen atoms in total. The van der Waals surface area contributed by atoms with Crippen molar-refractivity contribution < 1.29 is 0 Å². The van der Waals surface area contributed by atoms with Crippen LogP contribution in [0.4, 0.5) is 5.82 Å². The first-order valence-corrected chi connectivity index (χ1v) is 8.49. The number of piperidine rings is 1. The van der Waals surface area contributed by atoms with Crippen LogP contribution in [-0.2, 0) is 0 Å². The third-order valence-electron chi connectivity index (χ3n) is 4.28. The molecule has 3 heterocycles. The molecule has 1 aliphatic heterocycles. The van der Waals surface area contributed by atoms with Crippen molar-refractivity contribution in [2.24, 2.45) is 5.92 Å². The Balaban J connectivity index is 1.68. The number of rotatable bonds is 4. The lowest BCUT2D eigenvalue weighted by atomic mass is 9.88. The average molecular weight is 312 g/mol. The van der Waals surface area contributed by atoms with Crippen molar-refractivity contribution >= 4 is 17.2 Å². The van der Waals surface area contributed by atoms with E-state index in [1.807, 2.05) is 17.4 Å². The van der Waals surface area contributed by atoms with Crippen molar-refractivity contribution in [1.82, 2.24) is 9.88 Å². The second-order valence-corrected chi connectivity index (χ2v) is 6.75. The van der Waals surface area contributed by atoms with Gasteiger partial charge in [0.25, 0.3) is 0 Å². The molecule has 0 spiro atoms. The number of nitrogens with one attached hydrogen (secondary N) is 1. The van der Waals surface area contributed by atoms with Crippen LogP contribution in [0.5, 0.6) is 0 Å². The van der Waals surface area contributed by atoms with Crippen LogP contribution in [0.2, 0.25) is 0 Å². The summed E-state index contributed by atoms with van der Waals surface area (Å²) in [7, 11) is 2.22. The maximum atomic E-state index is 8.82. The van der Waals surface area contributed by atoms with Crippen LogP contribution in [0.1, 0.15) is 29.3 Å². The minimum Gasteiger partial charge on any atom is -0.370 e. The number of hydrogen-bond donors (Lipinski definition) is 1. The molecule has 114 valence electrons. The average Bonchev–Trinajstić information content (AvgIpc) is 3.07. The largest absolute Gasteiger partial charge is 0.370 e. The maximum absolute atomic E-state index is 8.82. The monoisotopic (exact) mass is 312 g/mol. The molecule has 1 aliphatic rings. The Labute approximate surface area is 135 Å². The lowest BCUT2D eigenvalue weighted by molar-refractivity contribution is 0.130. The first-order chi connectivity index (χ1) is 10.8. The Morgan fingerprint density at radius 2 is 2.36 bits per heavy atom. The summed E-state index contributed by atoms with van der Waals surface area (Å²) in [4.78, 5) is 8.21. The van der Waals surface area contributed by atoms with Crippen LogP contribution in [0, 0.1) is 17.2 Å². The molecule has 0 aromatic carbocycles. The van der Waals surface area contributed by atoms with Gasteiger partial charge in [-0.1, -0.05) is 6.07 Å². The van der Waals surface area contributed by atoms with Crippen molar-refractivity contribution in [3.8, 4) is 6.07 Å². The first kappa shape index (κ1) is 15.0. The summed E-state index contributed by atoms with van der Waals surface area (Å²) in [6.45, 7) is 2.07. The third kappa shape index (κ3) is 3.29. The summed E-state index contributed by atoms with van der Waals surface area (Å²) in [6.07, 6.45) is 4.09. The Morgan fingerprint density at radius 1 is 1.45 bits per heavy atom. The van der Waals surface area contributed by atoms with Gasteiger partial charge in [0, 0.05) is 23.7 Å². The Hall–Kier alpha value is -1.90. The molecule has 1 fully saturated rings. The standard InChI is InChI=1S/C17H20N4S/c1-21-8-2-4-14(17(21)15-5-3-9-22-15)12-20-16-7-6-13(10-18)11-19-16/h3,5-7,9,11,14,17H,2,4,8,12H2,1H3,(H,19,20)/t14-,17+/m1/s1. The number of thiophene rings is 1. The van der Waals surface area contributed by atoms with Gasteiger partial charge < -0.3 is 5.32 Å². The highest BCUT2D eigenvalue weighted by Crippen LogP contribution is 2.37. The van der Waals surface area contributed by atoms with E-state index in [-0.39, 0.29) is 0 Å². The number of likely N-dealkylation sites (tertiary alicyclic amines) is 1. The van der Waals surface area contributed by atoms with Gasteiger partial charge in [-0.25, -0.2) is 4.98 Å². The van der Waals surface area contributed by atoms with Crippen molar-refractivity contribution in [3.05, 3.63) is 46.3 Å². The van der Waals surface area contributed by atoms with Gasteiger partial charge in [0.15, 0.2) is 0 Å². The molecule has 1 saturated heterocycles. The van der Waals surface area contributed by atoms with Gasteiger partial charge in [-0.3, -0.25) is 4.90 Å². The number of nitrogens with zero attached hydrogens (tertiary/aromatic N) is 3. The first-order valence-electron chi connectivity index (χ1n) is 7.61. The van der Waals surface area contributed by atoms with Gasteiger partial charge in [-0.2, -0.15) is 5.26 Å². The summed E-state index contributed by atoms with van der Waals surface area (Å²) < 4.78 is 0. The zero-order valence-corrected chi connectivity index (χ0v) is 13.5. The fraction of sp³-hybridized carbons (Fsp3) is 0.412. The highest BCUT2D eigenvalue weighted by Gasteiger charge is 2.30. The quantitative estimate of drug-likeness (QED) is 0.938. The molecule has 2 atom stereocenters. The lowest BCUT2D eigenvalue weighted by Crippen LogP contribution is -2.38. The third-order valence-corrected chi connectivity index (χ3v) is 5.22. The van der Waals surface area contributed by atoms with Gasteiger partial charge in [0.05, 0.1) is 5.56 Å². The molecule has 0 bridgehead atoms. The summed E-state index contributed by atoms with van der Waals surface area (Å²) in [5.41, 5.74) is 0.597. The molecule has 0 saturated carbocycles. The molecule has 0 amide bonds. The molecule has 2 aromatic heterocycles. The summed E-state index contributed by atoms with van der Waals surface area (Å²) >= 11 is 1.84. The second kappa shape index (κ2) is 6.91. The van der Waals surface area contributed by atoms with Crippen molar-refractivity contribution in [2.75, 3.05) is 25.5 Å². The zero-order chi connectivity index (χ0) is 15.4. The van der Waals surface area contributed by atoms with E-state index in [1.165, 1.54) is 17.7 Å². The van der Waals surface area contributed by atoms with Gasteiger partial charge in [0.1, 0.15) is 11.9 Å². The predicted molar refractivity (Wildman–Crippen MR) is 89.9 cm³/mol. The predicted octanol–water partition coefficient (Wildman–Crippen LogP) is 3.51. The van der Waals surface area contributed by atoms with Crippen LogP contribution in [0.25, 0.3) is 0 Å². The number of hydrogen-bond acceptors (Lipinski definition) is 5. The fourth-order valence-electron chi connectivity index (χ4n) is 3.18. The molecule has 0 aliphatic carbocycles. The van der Waals surface area contributed by atoms with Crippen molar-refractivity contribution in [3.63, 3.8) is 0 Å². The molecule has 2 aromatic rings. The topological polar surface area (TPSA) is 52.0 Å². The molecule has 1 N–H and O–H groups in total. The Bertz CT molecular complexity index is 630. The van der Waals surface area contributed by atoms with Crippen molar-refractivity contribution in [1.29, 1.82) is 5.26 Å². The smallest absolute Gasteiger partial charge is 0.125 e. The molecule has 3 rings (SSSR count). The van der Waals surface area contributed by atoms with Gasteiger partial charge >= 0.3 is 0 Å². The Kier molecular flexibility index (Phi) is 4.71. The van der Waals surface area contributed by atoms with Gasteiger partial charge in [-0.15, -0.1) is 11.3 Å². The normalized spacial score (nSPS) is 22.2. The van der Waals surface area contributed by atoms with Crippen LogP contribution < -0.4 is 5.32 Å². The minimum absolute atomic E-state index is 0.486. The second-order valence-electron chi connectivity index (χ2n) is 5.77. The highest BCUT2D eigenvalue weighted by molar-refractivity contribution is 7.10. The molecule has 0 unspecified atom stereocenters. The van der Waals surface area contributed by atoms with Gasteiger partial charge in [-0.05, 0) is 55.9 Å². The number of aromatic nitrogens is 1. The summed E-state index contributed by atoms with van der Waals surface area (Å²) in [6, 6.07) is 10.6. The van der Waals surface area contributed by atoms with Crippen molar-refractivity contribution in [2.45, 2.75) is 18.9 Å². The minimum atomic E-state index is 0.486. The van der Waals surface area contributed by atoms with E-state index < -0.39 is 0 Å². The van der Waals surface area contributed by atoms with E-state index in [9.17, 15) is 0 Å². The van der Waals surface area contributed by atoms with E-state index in [0.29, 0.717) is 17.5 Å². The number of anilines is 1. The van der Waals surface area contributed by atoms with E-state index in [4.69, 9.17) is 5.26 Å². The van der Waals surface area contributed by atoms with Crippen LogP contribution in [-0.4, -0.2) is 30.0 Å². The zero-order valence-electron chi connectivity index (χ0n) is 12.7. The molecular weight excluding hydrogens is 292 g/mol. The van der Waals surface area contributed by atoms with E-state index >= 15 is 0 Å². The Morgan fingerprint density at radius 3 is 3.05 bits per heavy atom. The van der Waals surface area contributed by atoms with Gasteiger partial charge in [0.2, 0.25) is 0 Å². The number of pyridine rings is 1. The summed E-state index contributed by atoms with van der Waals surface area (Å²) in [5.74, 6) is 1.42. The molecule has 22 heavy (non-hydrogen) atoms. The van der Waals surface area contributed by atoms with Crippen LogP contribution in [0.15, 0.2) is 35.8 Å². The van der Waals surface area contributed by atoms with Crippen LogP contribution in [0.3, 0.4) is 0 Å². The highest BCUT2D eigenvalue weighted by atomic mass is 32.1. The molecule has 5 heteroatoms. The van der Waals surface area contributed by atoms with E-state index in [0.717, 1.165) is 18.9 Å². The lowest BCUT2D eigenvalue weighted by Gasteiger charge is -2.39. The van der Waals surface area contributed by atoms with E-state index in [2.05, 4.69) is 45.8 Å². The maximum Gasteiger partial charge on any atom is 0.125 e. The van der Waals surface area contributed by atoms with E-state index in [1.54, 1.807) is 12.3 Å². The van der Waals surface area contributed by atoms with Crippen LogP contribution >= 0.6 is 11.3 Å². The summed E-state index contributed by atoms with van der Waals surface area (Å²) in [5, 5.41) is 14.4. The fourth-order valence-corrected chi connectivity index (χ4v) is 4.17. The molecular formula is C17H20N4S. The SMILES string of the molecule is CN1CCC[C@H](CNc2ccc(C#N)cn2)[C@H]1c1cccs1. The number of nitriles is 1.